The molecule has 0 bridgehead atoms. The highest BCUT2D eigenvalue weighted by atomic mass is 19.1. The van der Waals surface area contributed by atoms with E-state index in [-0.39, 0.29) is 17.5 Å². The van der Waals surface area contributed by atoms with Gasteiger partial charge in [0, 0.05) is 22.1 Å². The Hall–Kier alpha value is -3.92. The van der Waals surface area contributed by atoms with Crippen LogP contribution in [-0.4, -0.2) is 4.98 Å². The molecule has 0 atom stereocenters. The smallest absolute Gasteiger partial charge is 0.123 e. The van der Waals surface area contributed by atoms with E-state index < -0.39 is 0 Å². The summed E-state index contributed by atoms with van der Waals surface area (Å²) in [6.07, 6.45) is 0. The van der Waals surface area contributed by atoms with Crippen LogP contribution in [0.4, 0.5) is 13.2 Å². The summed E-state index contributed by atoms with van der Waals surface area (Å²) in [5.74, 6) is -1.01. The molecular weight excluding hydrogens is 395 g/mol. The first-order valence-corrected chi connectivity index (χ1v) is 9.81. The van der Waals surface area contributed by atoms with Crippen molar-refractivity contribution in [1.29, 1.82) is 0 Å². The van der Waals surface area contributed by atoms with Crippen molar-refractivity contribution in [2.24, 2.45) is 0 Å². The summed E-state index contributed by atoms with van der Waals surface area (Å²) in [5.41, 5.74) is 5.33. The molecule has 0 unspecified atom stereocenters. The fourth-order valence-electron chi connectivity index (χ4n) is 3.84. The summed E-state index contributed by atoms with van der Waals surface area (Å²) in [4.78, 5) is 4.89. The summed E-state index contributed by atoms with van der Waals surface area (Å²) in [7, 11) is 0. The van der Waals surface area contributed by atoms with Gasteiger partial charge >= 0.3 is 0 Å². The minimum Gasteiger partial charge on any atom is -0.247 e. The van der Waals surface area contributed by atoms with E-state index in [2.05, 4.69) is 0 Å². The number of pyridine rings is 1. The number of rotatable bonds is 3. The van der Waals surface area contributed by atoms with Gasteiger partial charge in [0.1, 0.15) is 17.5 Å². The van der Waals surface area contributed by atoms with E-state index in [0.29, 0.717) is 5.69 Å². The third kappa shape index (κ3) is 3.57. The van der Waals surface area contributed by atoms with Crippen LogP contribution in [0.2, 0.25) is 0 Å². The van der Waals surface area contributed by atoms with E-state index in [0.717, 1.165) is 38.7 Å². The Morgan fingerprint density at radius 1 is 0.452 bits per heavy atom. The first-order chi connectivity index (χ1) is 15.1. The van der Waals surface area contributed by atoms with Gasteiger partial charge in [-0.1, -0.05) is 42.5 Å². The highest BCUT2D eigenvalue weighted by molar-refractivity contribution is 6.06. The average Bonchev–Trinajstić information content (AvgIpc) is 2.80. The number of halogens is 3. The van der Waals surface area contributed by atoms with Crippen LogP contribution in [0, 0.1) is 17.5 Å². The lowest BCUT2D eigenvalue weighted by atomic mass is 9.88. The van der Waals surface area contributed by atoms with Crippen LogP contribution in [0.3, 0.4) is 0 Å². The van der Waals surface area contributed by atoms with Crippen molar-refractivity contribution < 1.29 is 13.2 Å². The van der Waals surface area contributed by atoms with E-state index in [9.17, 15) is 13.2 Å². The lowest BCUT2D eigenvalue weighted by Crippen LogP contribution is -1.97. The van der Waals surface area contributed by atoms with Crippen molar-refractivity contribution in [1.82, 2.24) is 4.98 Å². The van der Waals surface area contributed by atoms with Crippen LogP contribution in [0.5, 0.6) is 0 Å². The van der Waals surface area contributed by atoms with Gasteiger partial charge in [-0.2, -0.15) is 0 Å². The van der Waals surface area contributed by atoms with Crippen molar-refractivity contribution in [3.63, 3.8) is 0 Å². The lowest BCUT2D eigenvalue weighted by Gasteiger charge is -2.18. The van der Waals surface area contributed by atoms with E-state index >= 15 is 0 Å². The van der Waals surface area contributed by atoms with E-state index in [1.807, 2.05) is 24.3 Å². The molecule has 0 aliphatic carbocycles. The zero-order valence-electron chi connectivity index (χ0n) is 16.3. The Labute approximate surface area is 177 Å². The van der Waals surface area contributed by atoms with Crippen LogP contribution < -0.4 is 0 Å². The number of benzene rings is 4. The zero-order valence-corrected chi connectivity index (χ0v) is 16.3. The highest BCUT2D eigenvalue weighted by Gasteiger charge is 2.19. The summed E-state index contributed by atoms with van der Waals surface area (Å²) >= 11 is 0. The molecule has 1 heterocycles. The molecule has 5 rings (SSSR count). The van der Waals surface area contributed by atoms with Gasteiger partial charge in [-0.3, -0.25) is 0 Å². The van der Waals surface area contributed by atoms with Crippen molar-refractivity contribution >= 4 is 10.9 Å². The second-order valence-electron chi connectivity index (χ2n) is 7.25. The molecule has 1 nitrogen and oxygen atoms in total. The van der Waals surface area contributed by atoms with Gasteiger partial charge in [0.2, 0.25) is 0 Å². The van der Waals surface area contributed by atoms with Crippen LogP contribution in [0.15, 0.2) is 97.1 Å². The van der Waals surface area contributed by atoms with Gasteiger partial charge in [-0.05, 0) is 65.7 Å². The van der Waals surface area contributed by atoms with Crippen LogP contribution in [0.1, 0.15) is 0 Å². The molecule has 4 heteroatoms. The normalized spacial score (nSPS) is 11.1. The van der Waals surface area contributed by atoms with E-state index in [1.54, 1.807) is 36.4 Å². The quantitative estimate of drug-likeness (QED) is 0.297. The molecule has 0 amide bonds. The van der Waals surface area contributed by atoms with E-state index in [4.69, 9.17) is 4.98 Å². The SMILES string of the molecule is Fc1ccc(-c2nc3ccccc3c(-c3ccc(F)cc3)c2-c2ccc(F)cc2)cc1. The Morgan fingerprint density at radius 2 is 0.903 bits per heavy atom. The topological polar surface area (TPSA) is 12.9 Å². The molecule has 150 valence electrons. The highest BCUT2D eigenvalue weighted by Crippen LogP contribution is 2.43. The molecule has 0 fully saturated rings. The molecule has 0 spiro atoms. The number of para-hydroxylation sites is 1. The largest absolute Gasteiger partial charge is 0.247 e. The monoisotopic (exact) mass is 411 g/mol. The molecule has 31 heavy (non-hydrogen) atoms. The fourth-order valence-corrected chi connectivity index (χ4v) is 3.84. The third-order valence-electron chi connectivity index (χ3n) is 5.28. The minimum atomic E-state index is -0.343. The molecular formula is C27H16F3N. The minimum absolute atomic E-state index is 0.329. The van der Waals surface area contributed by atoms with Crippen LogP contribution in [0.25, 0.3) is 44.4 Å². The predicted octanol–water partition coefficient (Wildman–Crippen LogP) is 7.65. The maximum atomic E-state index is 13.7. The van der Waals surface area contributed by atoms with Gasteiger partial charge in [0.25, 0.3) is 0 Å². The van der Waals surface area contributed by atoms with Crippen molar-refractivity contribution in [2.75, 3.05) is 0 Å². The molecule has 1 aromatic heterocycles. The van der Waals surface area contributed by atoms with E-state index in [1.165, 1.54) is 36.4 Å². The Balaban J connectivity index is 1.93. The number of aromatic nitrogens is 1. The van der Waals surface area contributed by atoms with Gasteiger partial charge in [0.05, 0.1) is 11.2 Å². The van der Waals surface area contributed by atoms with Crippen LogP contribution >= 0.6 is 0 Å². The lowest BCUT2D eigenvalue weighted by molar-refractivity contribution is 0.627. The summed E-state index contributed by atoms with van der Waals surface area (Å²) in [6.45, 7) is 0. The molecule has 5 aromatic rings. The second kappa shape index (κ2) is 7.73. The molecule has 0 aliphatic rings. The summed E-state index contributed by atoms with van der Waals surface area (Å²) < 4.78 is 41.0. The number of hydrogen-bond donors (Lipinski definition) is 0. The maximum Gasteiger partial charge on any atom is 0.123 e. The standard InChI is InChI=1S/C27H16F3N/c28-20-11-5-17(6-12-20)25-23-3-1-2-4-24(23)31-27(19-9-15-22(30)16-10-19)26(25)18-7-13-21(29)14-8-18/h1-16H. The van der Waals surface area contributed by atoms with Crippen LogP contribution in [-0.2, 0) is 0 Å². The summed E-state index contributed by atoms with van der Waals surface area (Å²) in [6, 6.07) is 26.3. The predicted molar refractivity (Wildman–Crippen MR) is 118 cm³/mol. The van der Waals surface area contributed by atoms with Gasteiger partial charge < -0.3 is 0 Å². The Bertz CT molecular complexity index is 1370. The Kier molecular flexibility index (Phi) is 4.75. The number of hydrogen-bond acceptors (Lipinski definition) is 1. The third-order valence-corrected chi connectivity index (χ3v) is 5.28. The summed E-state index contributed by atoms with van der Waals surface area (Å²) in [5, 5.41) is 0.888. The molecule has 0 radical (unpaired) electrons. The number of fused-ring (bicyclic) bond motifs is 1. The maximum absolute atomic E-state index is 13.7. The van der Waals surface area contributed by atoms with Crippen molar-refractivity contribution in [3.8, 4) is 33.5 Å². The zero-order chi connectivity index (χ0) is 21.4. The molecule has 0 N–H and O–H groups in total. The van der Waals surface area contributed by atoms with Gasteiger partial charge in [0.15, 0.2) is 0 Å². The van der Waals surface area contributed by atoms with Crippen molar-refractivity contribution in [3.05, 3.63) is 115 Å². The molecule has 0 saturated carbocycles. The van der Waals surface area contributed by atoms with Gasteiger partial charge in [-0.25, -0.2) is 18.2 Å². The Morgan fingerprint density at radius 3 is 1.45 bits per heavy atom. The molecule has 0 saturated heterocycles. The van der Waals surface area contributed by atoms with Gasteiger partial charge in [-0.15, -0.1) is 0 Å². The first kappa shape index (κ1) is 19.1. The molecule has 4 aromatic carbocycles. The number of nitrogens with zero attached hydrogens (tertiary/aromatic N) is 1. The molecule has 0 aliphatic heterocycles. The first-order valence-electron chi connectivity index (χ1n) is 9.81. The second-order valence-corrected chi connectivity index (χ2v) is 7.25. The van der Waals surface area contributed by atoms with Crippen molar-refractivity contribution in [2.45, 2.75) is 0 Å². The fraction of sp³-hybridized carbons (Fsp3) is 0. The average molecular weight is 411 g/mol.